The molecular formula is C16H25ClN6O2S. The number of nitrogen functional groups attached to an aromatic ring is 1. The molecule has 0 spiro atoms. The molecule has 0 radical (unpaired) electrons. The maximum absolute atomic E-state index is 12.9. The van der Waals surface area contributed by atoms with E-state index in [-0.39, 0.29) is 42.2 Å². The second-order valence-electron chi connectivity index (χ2n) is 7.19. The number of anilines is 1. The van der Waals surface area contributed by atoms with Gasteiger partial charge in [0.15, 0.2) is 0 Å². The first-order valence-electron chi connectivity index (χ1n) is 9.01. The summed E-state index contributed by atoms with van der Waals surface area (Å²) in [5.74, 6) is 0.792. The third kappa shape index (κ3) is 3.65. The van der Waals surface area contributed by atoms with E-state index in [0.717, 1.165) is 37.4 Å². The number of hydrogen-bond acceptors (Lipinski definition) is 7. The fourth-order valence-electron chi connectivity index (χ4n) is 4.62. The highest BCUT2D eigenvalue weighted by atomic mass is 35.5. The molecule has 4 heterocycles. The molecule has 10 heteroatoms. The minimum absolute atomic E-state index is 0. The van der Waals surface area contributed by atoms with Crippen LogP contribution in [-0.2, 0) is 16.0 Å². The summed E-state index contributed by atoms with van der Waals surface area (Å²) in [4.78, 5) is 27.4. The molecule has 26 heavy (non-hydrogen) atoms. The van der Waals surface area contributed by atoms with Gasteiger partial charge in [0.25, 0.3) is 0 Å². The molecule has 2 bridgehead atoms. The Morgan fingerprint density at radius 2 is 2.15 bits per heavy atom. The summed E-state index contributed by atoms with van der Waals surface area (Å²) in [5.41, 5.74) is 5.58. The zero-order valence-electron chi connectivity index (χ0n) is 14.5. The number of halogens is 1. The Morgan fingerprint density at radius 1 is 1.35 bits per heavy atom. The van der Waals surface area contributed by atoms with Crippen LogP contribution in [0.15, 0.2) is 0 Å². The molecule has 0 unspecified atom stereocenters. The number of nitrogens with one attached hydrogen (secondary N) is 2. The van der Waals surface area contributed by atoms with Crippen LogP contribution in [0.25, 0.3) is 0 Å². The third-order valence-electron chi connectivity index (χ3n) is 5.63. The number of aromatic nitrogens is 2. The predicted octanol–water partition coefficient (Wildman–Crippen LogP) is 0.190. The highest BCUT2D eigenvalue weighted by Gasteiger charge is 2.50. The average molecular weight is 401 g/mol. The van der Waals surface area contributed by atoms with Crippen molar-refractivity contribution in [1.29, 1.82) is 0 Å². The minimum atomic E-state index is -0.346. The molecule has 4 N–H and O–H groups in total. The van der Waals surface area contributed by atoms with Crippen molar-refractivity contribution in [3.8, 4) is 0 Å². The quantitative estimate of drug-likeness (QED) is 0.665. The topological polar surface area (TPSA) is 113 Å². The number of hydrogen-bond donors (Lipinski definition) is 3. The normalized spacial score (nSPS) is 30.3. The lowest BCUT2D eigenvalue weighted by molar-refractivity contribution is -0.157. The molecular weight excluding hydrogens is 376 g/mol. The number of carbonyl (C=O) groups is 2. The zero-order valence-corrected chi connectivity index (χ0v) is 16.2. The number of amides is 2. The van der Waals surface area contributed by atoms with Gasteiger partial charge in [-0.2, -0.15) is 0 Å². The van der Waals surface area contributed by atoms with Gasteiger partial charge in [-0.15, -0.1) is 22.6 Å². The van der Waals surface area contributed by atoms with E-state index in [4.69, 9.17) is 5.73 Å². The molecule has 4 rings (SSSR count). The molecule has 8 nitrogen and oxygen atoms in total. The molecule has 2 amide bonds. The van der Waals surface area contributed by atoms with Gasteiger partial charge in [0.1, 0.15) is 11.0 Å². The highest BCUT2D eigenvalue weighted by molar-refractivity contribution is 7.15. The van der Waals surface area contributed by atoms with Crippen LogP contribution >= 0.6 is 23.7 Å². The third-order valence-corrected chi connectivity index (χ3v) is 6.45. The van der Waals surface area contributed by atoms with Crippen molar-refractivity contribution in [3.05, 3.63) is 5.01 Å². The van der Waals surface area contributed by atoms with E-state index in [1.807, 2.05) is 4.90 Å². The zero-order chi connectivity index (χ0) is 17.4. The SMILES string of the molecule is Cl.Nc1nnc(CCNC(=O)[C@H]2[C@@H]3CNC[C@@H](C3)[C@@H]3CCCC(=O)N32)s1. The molecule has 0 aromatic carbocycles. The Hall–Kier alpha value is -1.45. The van der Waals surface area contributed by atoms with Crippen molar-refractivity contribution in [2.45, 2.75) is 44.2 Å². The van der Waals surface area contributed by atoms with Crippen molar-refractivity contribution in [2.24, 2.45) is 11.8 Å². The maximum atomic E-state index is 12.9. The Bertz CT molecular complexity index is 671. The molecule has 3 aliphatic rings. The average Bonchev–Trinajstić information content (AvgIpc) is 3.01. The Morgan fingerprint density at radius 3 is 2.92 bits per heavy atom. The number of rotatable bonds is 4. The van der Waals surface area contributed by atoms with Crippen LogP contribution in [0.5, 0.6) is 0 Å². The number of nitrogens with two attached hydrogens (primary N) is 1. The fourth-order valence-corrected chi connectivity index (χ4v) is 5.22. The summed E-state index contributed by atoms with van der Waals surface area (Å²) in [6.07, 6.45) is 4.16. The van der Waals surface area contributed by atoms with Gasteiger partial charge in [-0.1, -0.05) is 11.3 Å². The Kier molecular flexibility index (Phi) is 5.99. The number of fused-ring (bicyclic) bond motifs is 4. The van der Waals surface area contributed by atoms with Gasteiger partial charge in [0, 0.05) is 37.9 Å². The molecule has 1 aromatic rings. The maximum Gasteiger partial charge on any atom is 0.243 e. The number of piperidine rings is 3. The summed E-state index contributed by atoms with van der Waals surface area (Å²) >= 11 is 1.34. The van der Waals surface area contributed by atoms with Crippen LogP contribution in [0.2, 0.25) is 0 Å². The Labute approximate surface area is 162 Å². The minimum Gasteiger partial charge on any atom is -0.374 e. The van der Waals surface area contributed by atoms with Crippen molar-refractivity contribution >= 4 is 40.7 Å². The molecule has 144 valence electrons. The van der Waals surface area contributed by atoms with Gasteiger partial charge in [-0.25, -0.2) is 0 Å². The summed E-state index contributed by atoms with van der Waals surface area (Å²) in [6, 6.07) is -0.134. The monoisotopic (exact) mass is 400 g/mol. The molecule has 0 saturated carbocycles. The van der Waals surface area contributed by atoms with E-state index < -0.39 is 0 Å². The molecule has 3 saturated heterocycles. The molecule has 3 fully saturated rings. The number of carbonyl (C=O) groups excluding carboxylic acids is 2. The van der Waals surface area contributed by atoms with Gasteiger partial charge in [-0.05, 0) is 31.7 Å². The van der Waals surface area contributed by atoms with Crippen LogP contribution in [0.3, 0.4) is 0 Å². The summed E-state index contributed by atoms with van der Waals surface area (Å²) in [6.45, 7) is 2.25. The summed E-state index contributed by atoms with van der Waals surface area (Å²) in [7, 11) is 0. The van der Waals surface area contributed by atoms with E-state index in [1.165, 1.54) is 11.3 Å². The van der Waals surface area contributed by atoms with E-state index in [1.54, 1.807) is 0 Å². The number of nitrogens with zero attached hydrogens (tertiary/aromatic N) is 3. The van der Waals surface area contributed by atoms with Crippen LogP contribution < -0.4 is 16.4 Å². The largest absolute Gasteiger partial charge is 0.374 e. The highest BCUT2D eigenvalue weighted by Crippen LogP contribution is 2.39. The van der Waals surface area contributed by atoms with E-state index >= 15 is 0 Å². The second-order valence-corrected chi connectivity index (χ2v) is 8.29. The van der Waals surface area contributed by atoms with Gasteiger partial charge < -0.3 is 21.3 Å². The smallest absolute Gasteiger partial charge is 0.243 e. The lowest BCUT2D eigenvalue weighted by atomic mass is 9.72. The first-order valence-corrected chi connectivity index (χ1v) is 9.82. The first-order chi connectivity index (χ1) is 12.1. The summed E-state index contributed by atoms with van der Waals surface area (Å²) in [5, 5.41) is 15.5. The van der Waals surface area contributed by atoms with Crippen LogP contribution in [0.1, 0.15) is 30.7 Å². The van der Waals surface area contributed by atoms with Crippen molar-refractivity contribution in [2.75, 3.05) is 25.4 Å². The molecule has 0 aliphatic carbocycles. The predicted molar refractivity (Wildman–Crippen MR) is 101 cm³/mol. The lowest BCUT2D eigenvalue weighted by Crippen LogP contribution is -2.68. The van der Waals surface area contributed by atoms with Gasteiger partial charge in [0.2, 0.25) is 16.9 Å². The van der Waals surface area contributed by atoms with E-state index in [9.17, 15) is 9.59 Å². The van der Waals surface area contributed by atoms with Gasteiger partial charge in [-0.3, -0.25) is 9.59 Å². The summed E-state index contributed by atoms with van der Waals surface area (Å²) < 4.78 is 0. The van der Waals surface area contributed by atoms with Crippen LogP contribution in [0, 0.1) is 11.8 Å². The Balaban J connectivity index is 0.00000196. The van der Waals surface area contributed by atoms with E-state index in [2.05, 4.69) is 20.8 Å². The standard InChI is InChI=1S/C16H24N6O2S.ClH/c17-16-21-20-12(25-16)4-5-19-15(24)14-10-6-9(7-18-8-10)11-2-1-3-13(23)22(11)14;/h9-11,14,18H,1-8H2,(H2,17,21)(H,19,24);1H/t9-,10+,11+,14-;/m1./s1. The van der Waals surface area contributed by atoms with Crippen molar-refractivity contribution in [1.82, 2.24) is 25.7 Å². The molecule has 1 aromatic heterocycles. The van der Waals surface area contributed by atoms with Crippen LogP contribution in [-0.4, -0.2) is 58.6 Å². The van der Waals surface area contributed by atoms with Gasteiger partial charge in [0.05, 0.1) is 0 Å². The van der Waals surface area contributed by atoms with Crippen molar-refractivity contribution < 1.29 is 9.59 Å². The van der Waals surface area contributed by atoms with E-state index in [0.29, 0.717) is 30.4 Å². The van der Waals surface area contributed by atoms with Crippen LogP contribution in [0.4, 0.5) is 5.13 Å². The fraction of sp³-hybridized carbons (Fsp3) is 0.750. The second kappa shape index (κ2) is 8.06. The van der Waals surface area contributed by atoms with Gasteiger partial charge >= 0.3 is 0 Å². The molecule has 4 atom stereocenters. The molecule has 3 aliphatic heterocycles. The van der Waals surface area contributed by atoms with Crippen molar-refractivity contribution in [3.63, 3.8) is 0 Å². The first kappa shape index (κ1) is 19.3. The lowest BCUT2D eigenvalue weighted by Gasteiger charge is -2.53.